The molecule has 1 fully saturated rings. The summed E-state index contributed by atoms with van der Waals surface area (Å²) >= 11 is 1.57. The Morgan fingerprint density at radius 1 is 1.38 bits per heavy atom. The Balaban J connectivity index is 1.55. The van der Waals surface area contributed by atoms with Gasteiger partial charge in [0.05, 0.1) is 22.7 Å². The molecule has 0 aliphatic heterocycles. The summed E-state index contributed by atoms with van der Waals surface area (Å²) in [5.41, 5.74) is 0.943. The number of fused-ring (bicyclic) bond motifs is 1. The van der Waals surface area contributed by atoms with E-state index in [9.17, 15) is 9.59 Å². The molecule has 1 saturated carbocycles. The summed E-state index contributed by atoms with van der Waals surface area (Å²) in [6, 6.07) is 7.87. The molecule has 1 aromatic heterocycles. The van der Waals surface area contributed by atoms with E-state index in [1.807, 2.05) is 24.3 Å². The highest BCUT2D eigenvalue weighted by Crippen LogP contribution is 2.30. The quantitative estimate of drug-likeness (QED) is 0.795. The molecule has 2 aromatic rings. The number of rotatable bonds is 5. The van der Waals surface area contributed by atoms with Crippen molar-refractivity contribution < 1.29 is 14.3 Å². The molecule has 21 heavy (non-hydrogen) atoms. The molecule has 0 unspecified atom stereocenters. The fraction of sp³-hybridized carbons (Fsp3) is 0.400. The zero-order chi connectivity index (χ0) is 14.8. The first-order valence-corrected chi connectivity index (χ1v) is 7.70. The van der Waals surface area contributed by atoms with Crippen molar-refractivity contribution in [2.75, 3.05) is 13.7 Å². The van der Waals surface area contributed by atoms with Crippen LogP contribution in [0.2, 0.25) is 0 Å². The van der Waals surface area contributed by atoms with Crippen LogP contribution in [0.1, 0.15) is 17.8 Å². The first-order valence-electron chi connectivity index (χ1n) is 6.88. The molecule has 0 saturated heterocycles. The summed E-state index contributed by atoms with van der Waals surface area (Å²) in [6.45, 7) is 0.246. The second-order valence-corrected chi connectivity index (χ2v) is 6.32. The predicted octanol–water partition coefficient (Wildman–Crippen LogP) is 2.21. The van der Waals surface area contributed by atoms with Crippen LogP contribution in [0.25, 0.3) is 10.2 Å². The number of benzene rings is 1. The first-order chi connectivity index (χ1) is 10.1. The Bertz CT molecular complexity index is 645. The molecule has 0 atom stereocenters. The van der Waals surface area contributed by atoms with Crippen LogP contribution in [0.4, 0.5) is 0 Å². The maximum atomic E-state index is 11.9. The molecule has 0 N–H and O–H groups in total. The standard InChI is InChI=1S/C15H16N2O3S/c1-17(14(18)9-20-15(19)10-6-7-10)8-13-16-11-4-2-3-5-12(11)21-13/h2-5,10H,6-9H2,1H3. The predicted molar refractivity (Wildman–Crippen MR) is 79.8 cm³/mol. The van der Waals surface area contributed by atoms with Crippen LogP contribution < -0.4 is 0 Å². The SMILES string of the molecule is CN(Cc1nc2ccccc2s1)C(=O)COC(=O)C1CC1. The van der Waals surface area contributed by atoms with Gasteiger partial charge < -0.3 is 9.64 Å². The maximum absolute atomic E-state index is 11.9. The smallest absolute Gasteiger partial charge is 0.309 e. The monoisotopic (exact) mass is 304 g/mol. The van der Waals surface area contributed by atoms with Gasteiger partial charge in [-0.05, 0) is 25.0 Å². The Kier molecular flexibility index (Phi) is 3.88. The van der Waals surface area contributed by atoms with Gasteiger partial charge in [0.15, 0.2) is 6.61 Å². The first kappa shape index (κ1) is 14.0. The number of amides is 1. The zero-order valence-corrected chi connectivity index (χ0v) is 12.6. The third-order valence-corrected chi connectivity index (χ3v) is 4.41. The number of carbonyl (C=O) groups excluding carboxylic acids is 2. The number of likely N-dealkylation sites (N-methyl/N-ethyl adjacent to an activating group) is 1. The van der Waals surface area contributed by atoms with E-state index in [1.165, 1.54) is 4.90 Å². The van der Waals surface area contributed by atoms with Crippen LogP contribution in [0.3, 0.4) is 0 Å². The minimum Gasteiger partial charge on any atom is -0.455 e. The van der Waals surface area contributed by atoms with Gasteiger partial charge in [-0.15, -0.1) is 11.3 Å². The molecule has 1 aliphatic carbocycles. The van der Waals surface area contributed by atoms with Crippen molar-refractivity contribution in [3.05, 3.63) is 29.3 Å². The van der Waals surface area contributed by atoms with Crippen LogP contribution >= 0.6 is 11.3 Å². The lowest BCUT2D eigenvalue weighted by Gasteiger charge is -2.15. The van der Waals surface area contributed by atoms with E-state index in [0.29, 0.717) is 6.54 Å². The van der Waals surface area contributed by atoms with E-state index in [2.05, 4.69) is 4.98 Å². The fourth-order valence-corrected chi connectivity index (χ4v) is 2.98. The number of nitrogens with zero attached hydrogens (tertiary/aromatic N) is 2. The molecule has 0 radical (unpaired) electrons. The summed E-state index contributed by atoms with van der Waals surface area (Å²) in [4.78, 5) is 29.4. The molecule has 110 valence electrons. The van der Waals surface area contributed by atoms with Crippen LogP contribution in [-0.2, 0) is 20.9 Å². The molecular formula is C15H16N2O3S. The molecular weight excluding hydrogens is 288 g/mol. The van der Waals surface area contributed by atoms with Gasteiger partial charge in [0.1, 0.15) is 5.01 Å². The number of carbonyl (C=O) groups is 2. The lowest BCUT2D eigenvalue weighted by atomic mass is 10.3. The van der Waals surface area contributed by atoms with Crippen molar-refractivity contribution in [3.8, 4) is 0 Å². The number of thiazole rings is 1. The second kappa shape index (κ2) is 5.81. The number of para-hydroxylation sites is 1. The summed E-state index contributed by atoms with van der Waals surface area (Å²) in [5, 5.41) is 0.876. The van der Waals surface area contributed by atoms with E-state index in [0.717, 1.165) is 28.1 Å². The number of ether oxygens (including phenoxy) is 1. The van der Waals surface area contributed by atoms with Gasteiger partial charge in [-0.2, -0.15) is 0 Å². The van der Waals surface area contributed by atoms with Crippen molar-refractivity contribution in [1.82, 2.24) is 9.88 Å². The average Bonchev–Trinajstić information content (AvgIpc) is 3.24. The summed E-state index contributed by atoms with van der Waals surface area (Å²) < 4.78 is 6.10. The molecule has 3 rings (SSSR count). The van der Waals surface area contributed by atoms with Crippen molar-refractivity contribution in [1.29, 1.82) is 0 Å². The molecule has 1 aromatic carbocycles. The normalized spacial score (nSPS) is 14.1. The van der Waals surface area contributed by atoms with Crippen molar-refractivity contribution in [2.45, 2.75) is 19.4 Å². The van der Waals surface area contributed by atoms with E-state index in [4.69, 9.17) is 4.74 Å². The molecule has 6 heteroatoms. The zero-order valence-electron chi connectivity index (χ0n) is 11.7. The van der Waals surface area contributed by atoms with Crippen molar-refractivity contribution >= 4 is 33.4 Å². The summed E-state index contributed by atoms with van der Waals surface area (Å²) in [5.74, 6) is -0.438. The lowest BCUT2D eigenvalue weighted by molar-refractivity contribution is -0.152. The van der Waals surface area contributed by atoms with Gasteiger partial charge in [0.2, 0.25) is 0 Å². The number of aromatic nitrogens is 1. The average molecular weight is 304 g/mol. The van der Waals surface area contributed by atoms with E-state index >= 15 is 0 Å². The van der Waals surface area contributed by atoms with Crippen LogP contribution in [0, 0.1) is 5.92 Å². The van der Waals surface area contributed by atoms with Gasteiger partial charge in [-0.1, -0.05) is 12.1 Å². The lowest BCUT2D eigenvalue weighted by Crippen LogP contribution is -2.31. The van der Waals surface area contributed by atoms with Gasteiger partial charge in [0, 0.05) is 7.05 Å². The van der Waals surface area contributed by atoms with Crippen LogP contribution in [-0.4, -0.2) is 35.4 Å². The Labute approximate surface area is 126 Å². The molecule has 5 nitrogen and oxygen atoms in total. The summed E-state index contributed by atoms with van der Waals surface area (Å²) in [7, 11) is 1.69. The molecule has 0 bridgehead atoms. The molecule has 1 heterocycles. The van der Waals surface area contributed by atoms with Crippen molar-refractivity contribution in [2.24, 2.45) is 5.92 Å². The topological polar surface area (TPSA) is 59.5 Å². The van der Waals surface area contributed by atoms with Gasteiger partial charge in [0.25, 0.3) is 5.91 Å². The molecule has 1 amide bonds. The van der Waals surface area contributed by atoms with Gasteiger partial charge in [-0.3, -0.25) is 9.59 Å². The number of hydrogen-bond donors (Lipinski definition) is 0. The fourth-order valence-electron chi connectivity index (χ4n) is 1.96. The number of esters is 1. The molecule has 1 aliphatic rings. The van der Waals surface area contributed by atoms with Gasteiger partial charge in [-0.25, -0.2) is 4.98 Å². The Morgan fingerprint density at radius 3 is 2.86 bits per heavy atom. The van der Waals surface area contributed by atoms with E-state index in [-0.39, 0.29) is 24.4 Å². The Hall–Kier alpha value is -1.95. The third kappa shape index (κ3) is 3.39. The molecule has 0 spiro atoms. The van der Waals surface area contributed by atoms with Crippen LogP contribution in [0.15, 0.2) is 24.3 Å². The largest absolute Gasteiger partial charge is 0.455 e. The highest BCUT2D eigenvalue weighted by molar-refractivity contribution is 7.18. The number of hydrogen-bond acceptors (Lipinski definition) is 5. The summed E-state index contributed by atoms with van der Waals surface area (Å²) in [6.07, 6.45) is 1.77. The second-order valence-electron chi connectivity index (χ2n) is 5.21. The van der Waals surface area contributed by atoms with Crippen LogP contribution in [0.5, 0.6) is 0 Å². The van der Waals surface area contributed by atoms with E-state index in [1.54, 1.807) is 18.4 Å². The highest BCUT2D eigenvalue weighted by atomic mass is 32.1. The highest BCUT2D eigenvalue weighted by Gasteiger charge is 2.31. The van der Waals surface area contributed by atoms with Crippen molar-refractivity contribution in [3.63, 3.8) is 0 Å². The minimum atomic E-state index is -0.253. The van der Waals surface area contributed by atoms with Gasteiger partial charge >= 0.3 is 5.97 Å². The third-order valence-electron chi connectivity index (χ3n) is 3.38. The Morgan fingerprint density at radius 2 is 2.14 bits per heavy atom. The van der Waals surface area contributed by atoms with E-state index < -0.39 is 0 Å². The minimum absolute atomic E-state index is 0.0207. The maximum Gasteiger partial charge on any atom is 0.309 e.